The van der Waals surface area contributed by atoms with Crippen molar-refractivity contribution in [2.45, 2.75) is 26.2 Å². The minimum absolute atomic E-state index is 0.0196. The van der Waals surface area contributed by atoms with Crippen LogP contribution in [0.5, 0.6) is 5.75 Å². The molecule has 1 aromatic carbocycles. The average Bonchev–Trinajstić information content (AvgIpc) is 3.20. The van der Waals surface area contributed by atoms with Gasteiger partial charge in [-0.05, 0) is 24.6 Å². The van der Waals surface area contributed by atoms with Crippen molar-refractivity contribution in [1.29, 1.82) is 0 Å². The lowest BCUT2D eigenvalue weighted by Crippen LogP contribution is -2.03. The van der Waals surface area contributed by atoms with Gasteiger partial charge in [-0.25, -0.2) is 9.67 Å². The third-order valence-electron chi connectivity index (χ3n) is 3.19. The third kappa shape index (κ3) is 3.32. The van der Waals surface area contributed by atoms with Crippen molar-refractivity contribution in [3.63, 3.8) is 0 Å². The molecule has 0 bridgehead atoms. The zero-order valence-corrected chi connectivity index (χ0v) is 12.1. The smallest absolute Gasteiger partial charge is 0.180 e. The second-order valence-corrected chi connectivity index (χ2v) is 4.87. The maximum atomic E-state index is 9.02. The molecule has 1 atom stereocenters. The van der Waals surface area contributed by atoms with Crippen molar-refractivity contribution in [3.05, 3.63) is 60.1 Å². The Morgan fingerprint density at radius 2 is 2.14 bits per heavy atom. The van der Waals surface area contributed by atoms with Crippen LogP contribution in [0.25, 0.3) is 0 Å². The number of hydrogen-bond donors (Lipinski definition) is 1. The van der Waals surface area contributed by atoms with Crippen LogP contribution >= 0.6 is 0 Å². The molecule has 0 radical (unpaired) electrons. The summed E-state index contributed by atoms with van der Waals surface area (Å²) in [6.07, 6.45) is 4.61. The largest absolute Gasteiger partial charge is 0.484 e. The number of aliphatic hydroxyl groups is 1. The zero-order valence-electron chi connectivity index (χ0n) is 12.1. The lowest BCUT2D eigenvalue weighted by Gasteiger charge is -2.12. The van der Waals surface area contributed by atoms with Crippen molar-refractivity contribution in [2.75, 3.05) is 0 Å². The molecule has 1 N–H and O–H groups in total. The van der Waals surface area contributed by atoms with Crippen molar-refractivity contribution in [1.82, 2.24) is 20.0 Å². The minimum atomic E-state index is -0.233. The van der Waals surface area contributed by atoms with E-state index in [2.05, 4.69) is 15.3 Å². The van der Waals surface area contributed by atoms with E-state index in [-0.39, 0.29) is 12.7 Å². The SMILES string of the molecule is CC(Oc1ccc(CO)cc1)c1cn(Cc2cnco2)nn1. The van der Waals surface area contributed by atoms with E-state index < -0.39 is 0 Å². The molecule has 0 saturated heterocycles. The van der Waals surface area contributed by atoms with E-state index in [1.165, 1.54) is 6.39 Å². The molecule has 22 heavy (non-hydrogen) atoms. The molecule has 7 nitrogen and oxygen atoms in total. The second kappa shape index (κ2) is 6.40. The van der Waals surface area contributed by atoms with Crippen LogP contribution in [0.15, 0.2) is 47.5 Å². The van der Waals surface area contributed by atoms with Crippen LogP contribution in [-0.4, -0.2) is 25.1 Å². The molecular weight excluding hydrogens is 284 g/mol. The van der Waals surface area contributed by atoms with Gasteiger partial charge >= 0.3 is 0 Å². The Morgan fingerprint density at radius 3 is 2.82 bits per heavy atom. The zero-order chi connectivity index (χ0) is 15.4. The van der Waals surface area contributed by atoms with Crippen LogP contribution < -0.4 is 4.74 Å². The van der Waals surface area contributed by atoms with E-state index in [9.17, 15) is 0 Å². The van der Waals surface area contributed by atoms with E-state index in [0.29, 0.717) is 12.3 Å². The van der Waals surface area contributed by atoms with Crippen LogP contribution in [0.1, 0.15) is 30.0 Å². The Hall–Kier alpha value is -2.67. The molecule has 3 rings (SSSR count). The number of oxazole rings is 1. The molecule has 0 aliphatic carbocycles. The first kappa shape index (κ1) is 14.3. The van der Waals surface area contributed by atoms with Gasteiger partial charge in [0.2, 0.25) is 0 Å². The number of nitrogens with zero attached hydrogens (tertiary/aromatic N) is 4. The van der Waals surface area contributed by atoms with E-state index >= 15 is 0 Å². The van der Waals surface area contributed by atoms with Crippen LogP contribution in [0, 0.1) is 0 Å². The quantitative estimate of drug-likeness (QED) is 0.748. The number of aliphatic hydroxyl groups excluding tert-OH is 1. The molecule has 0 fully saturated rings. The summed E-state index contributed by atoms with van der Waals surface area (Å²) in [5, 5.41) is 17.2. The highest BCUT2D eigenvalue weighted by molar-refractivity contribution is 5.27. The fourth-order valence-corrected chi connectivity index (χ4v) is 1.99. The summed E-state index contributed by atoms with van der Waals surface area (Å²) in [5.41, 5.74) is 1.57. The van der Waals surface area contributed by atoms with Gasteiger partial charge in [0.1, 0.15) is 29.9 Å². The van der Waals surface area contributed by atoms with Crippen molar-refractivity contribution >= 4 is 0 Å². The van der Waals surface area contributed by atoms with Crippen LogP contribution in [0.2, 0.25) is 0 Å². The summed E-state index contributed by atoms with van der Waals surface area (Å²) in [4.78, 5) is 3.86. The van der Waals surface area contributed by atoms with Crippen molar-refractivity contribution in [2.24, 2.45) is 0 Å². The lowest BCUT2D eigenvalue weighted by atomic mass is 10.2. The Morgan fingerprint density at radius 1 is 1.32 bits per heavy atom. The first-order valence-corrected chi connectivity index (χ1v) is 6.88. The summed E-state index contributed by atoms with van der Waals surface area (Å²) in [5.74, 6) is 1.43. The van der Waals surface area contributed by atoms with Gasteiger partial charge < -0.3 is 14.3 Å². The topological polar surface area (TPSA) is 86.2 Å². The average molecular weight is 300 g/mol. The molecule has 3 aromatic rings. The molecule has 7 heteroatoms. The highest BCUT2D eigenvalue weighted by Crippen LogP contribution is 2.20. The highest BCUT2D eigenvalue weighted by Gasteiger charge is 2.12. The third-order valence-corrected chi connectivity index (χ3v) is 3.19. The first-order chi connectivity index (χ1) is 10.7. The molecule has 2 heterocycles. The summed E-state index contributed by atoms with van der Waals surface area (Å²) >= 11 is 0. The number of aromatic nitrogens is 4. The molecule has 0 spiro atoms. The summed E-state index contributed by atoms with van der Waals surface area (Å²) in [6, 6.07) is 7.29. The predicted octanol–water partition coefficient (Wildman–Crippen LogP) is 1.95. The van der Waals surface area contributed by atoms with Gasteiger partial charge in [-0.1, -0.05) is 17.3 Å². The van der Waals surface area contributed by atoms with Gasteiger partial charge in [-0.15, -0.1) is 5.10 Å². The number of ether oxygens (including phenoxy) is 1. The van der Waals surface area contributed by atoms with Crippen LogP contribution in [-0.2, 0) is 13.2 Å². The Balaban J connectivity index is 1.64. The maximum Gasteiger partial charge on any atom is 0.180 e. The number of rotatable bonds is 6. The van der Waals surface area contributed by atoms with Gasteiger partial charge in [-0.2, -0.15) is 0 Å². The van der Waals surface area contributed by atoms with Gasteiger partial charge in [0.15, 0.2) is 6.39 Å². The lowest BCUT2D eigenvalue weighted by molar-refractivity contribution is 0.221. The molecule has 0 aliphatic heterocycles. The standard InChI is InChI=1S/C15H16N4O3/c1-11(22-13-4-2-12(9-20)3-5-13)15-8-19(18-17-15)7-14-6-16-10-21-14/h2-6,8,10-11,20H,7,9H2,1H3. The molecule has 2 aromatic heterocycles. The van der Waals surface area contributed by atoms with Crippen LogP contribution in [0.3, 0.4) is 0 Å². The molecule has 1 unspecified atom stereocenters. The van der Waals surface area contributed by atoms with E-state index in [1.807, 2.05) is 37.4 Å². The molecule has 0 aliphatic rings. The van der Waals surface area contributed by atoms with Crippen LogP contribution in [0.4, 0.5) is 0 Å². The predicted molar refractivity (Wildman–Crippen MR) is 77.0 cm³/mol. The van der Waals surface area contributed by atoms with Crippen molar-refractivity contribution < 1.29 is 14.3 Å². The molecule has 114 valence electrons. The molecule has 0 amide bonds. The summed E-state index contributed by atoms with van der Waals surface area (Å²) < 4.78 is 12.7. The van der Waals surface area contributed by atoms with Gasteiger partial charge in [0.25, 0.3) is 0 Å². The number of benzene rings is 1. The van der Waals surface area contributed by atoms with E-state index in [0.717, 1.165) is 17.0 Å². The fourth-order valence-electron chi connectivity index (χ4n) is 1.99. The molecule has 0 saturated carbocycles. The first-order valence-electron chi connectivity index (χ1n) is 6.88. The van der Waals surface area contributed by atoms with Gasteiger partial charge in [0.05, 0.1) is 19.0 Å². The Bertz CT molecular complexity index is 707. The monoisotopic (exact) mass is 300 g/mol. The highest BCUT2D eigenvalue weighted by atomic mass is 16.5. The van der Waals surface area contributed by atoms with Gasteiger partial charge in [-0.3, -0.25) is 0 Å². The minimum Gasteiger partial charge on any atom is -0.484 e. The van der Waals surface area contributed by atoms with Crippen molar-refractivity contribution in [3.8, 4) is 5.75 Å². The second-order valence-electron chi connectivity index (χ2n) is 4.87. The Labute approximate surface area is 127 Å². The van der Waals surface area contributed by atoms with E-state index in [1.54, 1.807) is 10.9 Å². The van der Waals surface area contributed by atoms with E-state index in [4.69, 9.17) is 14.3 Å². The number of hydrogen-bond acceptors (Lipinski definition) is 6. The molecular formula is C15H16N4O3. The normalized spacial score (nSPS) is 12.3. The van der Waals surface area contributed by atoms with Gasteiger partial charge in [0, 0.05) is 0 Å². The summed E-state index contributed by atoms with van der Waals surface area (Å²) in [7, 11) is 0. The Kier molecular flexibility index (Phi) is 4.15. The maximum absolute atomic E-state index is 9.02. The summed E-state index contributed by atoms with van der Waals surface area (Å²) in [6.45, 7) is 2.40. The fraction of sp³-hybridized carbons (Fsp3) is 0.267.